The van der Waals surface area contributed by atoms with Crippen molar-refractivity contribution in [3.05, 3.63) is 17.8 Å². The fourth-order valence-corrected chi connectivity index (χ4v) is 1.64. The number of esters is 1. The Kier molecular flexibility index (Phi) is 2.30. The van der Waals surface area contributed by atoms with Crippen LogP contribution in [0.5, 0.6) is 5.75 Å². The molecular formula is C11H13N3O2. The van der Waals surface area contributed by atoms with Crippen molar-refractivity contribution in [3.63, 3.8) is 0 Å². The maximum Gasteiger partial charge on any atom is 0.308 e. The summed E-state index contributed by atoms with van der Waals surface area (Å²) in [6, 6.07) is 3.43. The van der Waals surface area contributed by atoms with Gasteiger partial charge in [0.2, 0.25) is 0 Å². The van der Waals surface area contributed by atoms with Gasteiger partial charge >= 0.3 is 5.97 Å². The maximum absolute atomic E-state index is 11.0. The minimum atomic E-state index is -0.379. The SMILES string of the molecule is CC(=O)Oc1cc(N)cc2c(C)n(C)nc12. The summed E-state index contributed by atoms with van der Waals surface area (Å²) in [4.78, 5) is 11.0. The van der Waals surface area contributed by atoms with E-state index in [4.69, 9.17) is 10.5 Å². The number of fused-ring (bicyclic) bond motifs is 1. The zero-order chi connectivity index (χ0) is 11.9. The lowest BCUT2D eigenvalue weighted by molar-refractivity contribution is -0.131. The lowest BCUT2D eigenvalue weighted by Gasteiger charge is -2.03. The maximum atomic E-state index is 11.0. The van der Waals surface area contributed by atoms with Gasteiger partial charge in [0.15, 0.2) is 5.75 Å². The predicted octanol–water partition coefficient (Wildman–Crippen LogP) is 1.39. The second kappa shape index (κ2) is 3.52. The van der Waals surface area contributed by atoms with E-state index in [-0.39, 0.29) is 5.97 Å². The van der Waals surface area contributed by atoms with Gasteiger partial charge in [0, 0.05) is 36.8 Å². The predicted molar refractivity (Wildman–Crippen MR) is 61.2 cm³/mol. The monoisotopic (exact) mass is 219 g/mol. The van der Waals surface area contributed by atoms with E-state index in [0.29, 0.717) is 17.0 Å². The first-order chi connectivity index (χ1) is 7.49. The summed E-state index contributed by atoms with van der Waals surface area (Å²) in [6.45, 7) is 3.29. The number of hydrogen-bond donors (Lipinski definition) is 1. The summed E-state index contributed by atoms with van der Waals surface area (Å²) in [5.41, 5.74) is 7.94. The Balaban J connectivity index is 2.72. The summed E-state index contributed by atoms with van der Waals surface area (Å²) >= 11 is 0. The molecule has 0 saturated heterocycles. The molecule has 1 aromatic carbocycles. The molecule has 0 fully saturated rings. The quantitative estimate of drug-likeness (QED) is 0.447. The smallest absolute Gasteiger partial charge is 0.308 e. The molecule has 2 rings (SSSR count). The first-order valence-corrected chi connectivity index (χ1v) is 4.90. The van der Waals surface area contributed by atoms with Crippen molar-refractivity contribution >= 4 is 22.6 Å². The molecule has 1 heterocycles. The number of rotatable bonds is 1. The second-order valence-electron chi connectivity index (χ2n) is 3.72. The van der Waals surface area contributed by atoms with E-state index in [1.807, 2.05) is 20.0 Å². The van der Waals surface area contributed by atoms with Crippen LogP contribution in [0.25, 0.3) is 10.9 Å². The number of carbonyl (C=O) groups is 1. The van der Waals surface area contributed by atoms with Crippen molar-refractivity contribution in [2.45, 2.75) is 13.8 Å². The van der Waals surface area contributed by atoms with Gasteiger partial charge in [-0.25, -0.2) is 0 Å². The van der Waals surface area contributed by atoms with E-state index in [0.717, 1.165) is 11.1 Å². The molecule has 0 aliphatic heterocycles. The van der Waals surface area contributed by atoms with Crippen molar-refractivity contribution in [1.29, 1.82) is 0 Å². The number of nitrogen functional groups attached to an aromatic ring is 1. The Morgan fingerprint density at radius 3 is 2.81 bits per heavy atom. The molecule has 0 radical (unpaired) electrons. The molecule has 0 amide bonds. The third kappa shape index (κ3) is 1.60. The summed E-state index contributed by atoms with van der Waals surface area (Å²) in [7, 11) is 1.84. The standard InChI is InChI=1S/C11H13N3O2/c1-6-9-4-8(12)5-10(16-7(2)15)11(9)13-14(6)3/h4-5H,12H2,1-3H3. The third-order valence-electron chi connectivity index (χ3n) is 2.48. The molecule has 0 bridgehead atoms. The number of nitrogens with two attached hydrogens (primary N) is 1. The lowest BCUT2D eigenvalue weighted by atomic mass is 10.2. The number of benzene rings is 1. The Morgan fingerprint density at radius 2 is 2.19 bits per heavy atom. The van der Waals surface area contributed by atoms with E-state index in [9.17, 15) is 4.79 Å². The Labute approximate surface area is 92.8 Å². The van der Waals surface area contributed by atoms with Gasteiger partial charge in [0.05, 0.1) is 0 Å². The molecule has 0 aliphatic rings. The largest absolute Gasteiger partial charge is 0.424 e. The topological polar surface area (TPSA) is 70.1 Å². The van der Waals surface area contributed by atoms with Crippen molar-refractivity contribution < 1.29 is 9.53 Å². The Bertz CT molecular complexity index is 572. The molecule has 0 atom stereocenters. The third-order valence-corrected chi connectivity index (χ3v) is 2.48. The first kappa shape index (κ1) is 10.5. The van der Waals surface area contributed by atoms with E-state index in [2.05, 4.69) is 5.10 Å². The normalized spacial score (nSPS) is 10.7. The van der Waals surface area contributed by atoms with Crippen molar-refractivity contribution in [1.82, 2.24) is 9.78 Å². The number of carbonyl (C=O) groups excluding carboxylic acids is 1. The number of nitrogens with zero attached hydrogens (tertiary/aromatic N) is 2. The summed E-state index contributed by atoms with van der Waals surface area (Å²) in [5.74, 6) is 0.0291. The van der Waals surface area contributed by atoms with Crippen molar-refractivity contribution in [2.24, 2.45) is 7.05 Å². The van der Waals surface area contributed by atoms with Crippen LogP contribution in [0, 0.1) is 6.92 Å². The van der Waals surface area contributed by atoms with Crippen LogP contribution in [-0.4, -0.2) is 15.7 Å². The van der Waals surface area contributed by atoms with Crippen LogP contribution in [0.1, 0.15) is 12.6 Å². The molecule has 0 unspecified atom stereocenters. The van der Waals surface area contributed by atoms with Crippen LogP contribution >= 0.6 is 0 Å². The van der Waals surface area contributed by atoms with E-state index < -0.39 is 0 Å². The summed E-state index contributed by atoms with van der Waals surface area (Å²) in [6.07, 6.45) is 0. The van der Waals surface area contributed by atoms with Crippen LogP contribution in [0.4, 0.5) is 5.69 Å². The molecular weight excluding hydrogens is 206 g/mol. The Morgan fingerprint density at radius 1 is 1.50 bits per heavy atom. The van der Waals surface area contributed by atoms with Crippen LogP contribution in [0.3, 0.4) is 0 Å². The van der Waals surface area contributed by atoms with Gasteiger partial charge < -0.3 is 10.5 Å². The van der Waals surface area contributed by atoms with Crippen LogP contribution in [0.15, 0.2) is 12.1 Å². The van der Waals surface area contributed by atoms with Crippen LogP contribution in [0.2, 0.25) is 0 Å². The number of aryl methyl sites for hydroxylation is 2. The van der Waals surface area contributed by atoms with Gasteiger partial charge in [-0.15, -0.1) is 0 Å². The highest BCUT2D eigenvalue weighted by Crippen LogP contribution is 2.29. The van der Waals surface area contributed by atoms with Gasteiger partial charge in [0.25, 0.3) is 0 Å². The number of anilines is 1. The van der Waals surface area contributed by atoms with Gasteiger partial charge in [0.1, 0.15) is 5.52 Å². The summed E-state index contributed by atoms with van der Waals surface area (Å²) in [5, 5.41) is 5.19. The van der Waals surface area contributed by atoms with Gasteiger partial charge in [-0.3, -0.25) is 9.48 Å². The molecule has 16 heavy (non-hydrogen) atoms. The molecule has 2 aromatic rings. The highest BCUT2D eigenvalue weighted by molar-refractivity contribution is 5.91. The van der Waals surface area contributed by atoms with Crippen LogP contribution < -0.4 is 10.5 Å². The lowest BCUT2D eigenvalue weighted by Crippen LogP contribution is -2.02. The molecule has 1 aromatic heterocycles. The van der Waals surface area contributed by atoms with Gasteiger partial charge in [-0.1, -0.05) is 0 Å². The molecule has 0 spiro atoms. The highest BCUT2D eigenvalue weighted by atomic mass is 16.5. The average molecular weight is 219 g/mol. The minimum absolute atomic E-state index is 0.379. The molecule has 5 nitrogen and oxygen atoms in total. The zero-order valence-electron chi connectivity index (χ0n) is 9.44. The van der Waals surface area contributed by atoms with E-state index in [1.165, 1.54) is 6.92 Å². The van der Waals surface area contributed by atoms with Crippen molar-refractivity contribution in [2.75, 3.05) is 5.73 Å². The summed E-state index contributed by atoms with van der Waals surface area (Å²) < 4.78 is 6.82. The average Bonchev–Trinajstić information content (AvgIpc) is 2.44. The molecule has 5 heteroatoms. The molecule has 2 N–H and O–H groups in total. The van der Waals surface area contributed by atoms with E-state index in [1.54, 1.807) is 10.7 Å². The van der Waals surface area contributed by atoms with Crippen LogP contribution in [-0.2, 0) is 11.8 Å². The molecule has 84 valence electrons. The van der Waals surface area contributed by atoms with Crippen molar-refractivity contribution in [3.8, 4) is 5.75 Å². The number of hydrogen-bond acceptors (Lipinski definition) is 4. The highest BCUT2D eigenvalue weighted by Gasteiger charge is 2.12. The fraction of sp³-hybridized carbons (Fsp3) is 0.273. The van der Waals surface area contributed by atoms with E-state index >= 15 is 0 Å². The number of ether oxygens (including phenoxy) is 1. The number of aromatic nitrogens is 2. The molecule has 0 aliphatic carbocycles. The minimum Gasteiger partial charge on any atom is -0.424 e. The van der Waals surface area contributed by atoms with Gasteiger partial charge in [-0.2, -0.15) is 5.10 Å². The zero-order valence-corrected chi connectivity index (χ0v) is 9.44. The fourth-order valence-electron chi connectivity index (χ4n) is 1.64. The molecule has 0 saturated carbocycles. The first-order valence-electron chi connectivity index (χ1n) is 4.90. The Hall–Kier alpha value is -2.04. The second-order valence-corrected chi connectivity index (χ2v) is 3.72. The van der Waals surface area contributed by atoms with Gasteiger partial charge in [-0.05, 0) is 13.0 Å².